The van der Waals surface area contributed by atoms with Crippen LogP contribution < -0.4 is 5.32 Å². The summed E-state index contributed by atoms with van der Waals surface area (Å²) in [6.45, 7) is 7.46. The minimum Gasteiger partial charge on any atom is -0.367 e. The van der Waals surface area contributed by atoms with E-state index in [0.717, 1.165) is 12.2 Å². The number of ether oxygens (including phenoxy) is 1. The van der Waals surface area contributed by atoms with E-state index in [1.807, 2.05) is 20.8 Å². The number of anilines is 1. The summed E-state index contributed by atoms with van der Waals surface area (Å²) in [5, 5.41) is 10.3. The molecular formula is C17H24N6O2. The molecule has 1 saturated heterocycles. The molecule has 2 N–H and O–H groups in total. The van der Waals surface area contributed by atoms with E-state index in [-0.39, 0.29) is 18.1 Å². The molecule has 0 bridgehead atoms. The lowest BCUT2D eigenvalue weighted by Crippen LogP contribution is -2.42. The highest BCUT2D eigenvalue weighted by atomic mass is 16.5. The topological polar surface area (TPSA) is 96.0 Å². The summed E-state index contributed by atoms with van der Waals surface area (Å²) >= 11 is 0. The SMILES string of the molecule is CCc1nc([C@@H]2CN(C(=O)c3cccnc3NC(C)C)CCO2)n[nH]1. The summed E-state index contributed by atoms with van der Waals surface area (Å²) in [5.74, 6) is 1.96. The molecule has 0 aromatic carbocycles. The molecule has 25 heavy (non-hydrogen) atoms. The van der Waals surface area contributed by atoms with Crippen molar-refractivity contribution in [3.63, 3.8) is 0 Å². The van der Waals surface area contributed by atoms with Crippen molar-refractivity contribution in [1.82, 2.24) is 25.1 Å². The van der Waals surface area contributed by atoms with E-state index >= 15 is 0 Å². The second kappa shape index (κ2) is 7.60. The molecule has 0 aliphatic carbocycles. The van der Waals surface area contributed by atoms with Crippen molar-refractivity contribution in [2.45, 2.75) is 39.3 Å². The van der Waals surface area contributed by atoms with Crippen molar-refractivity contribution in [3.8, 4) is 0 Å². The lowest BCUT2D eigenvalue weighted by Gasteiger charge is -2.32. The maximum Gasteiger partial charge on any atom is 0.257 e. The first kappa shape index (κ1) is 17.3. The van der Waals surface area contributed by atoms with Crippen LogP contribution in [0, 0.1) is 0 Å². The zero-order valence-electron chi connectivity index (χ0n) is 14.8. The first-order valence-corrected chi connectivity index (χ1v) is 8.62. The Kier molecular flexibility index (Phi) is 5.28. The Morgan fingerprint density at radius 1 is 1.52 bits per heavy atom. The summed E-state index contributed by atoms with van der Waals surface area (Å²) in [4.78, 5) is 23.5. The Balaban J connectivity index is 1.76. The quantitative estimate of drug-likeness (QED) is 0.858. The number of aryl methyl sites for hydroxylation is 1. The highest BCUT2D eigenvalue weighted by molar-refractivity contribution is 5.98. The lowest BCUT2D eigenvalue weighted by atomic mass is 10.1. The smallest absolute Gasteiger partial charge is 0.257 e. The molecule has 2 aromatic heterocycles. The summed E-state index contributed by atoms with van der Waals surface area (Å²) in [7, 11) is 0. The molecule has 8 nitrogen and oxygen atoms in total. The largest absolute Gasteiger partial charge is 0.367 e. The van der Waals surface area contributed by atoms with Crippen molar-refractivity contribution in [2.75, 3.05) is 25.0 Å². The number of pyridine rings is 1. The number of nitrogens with one attached hydrogen (secondary N) is 2. The van der Waals surface area contributed by atoms with Gasteiger partial charge in [-0.3, -0.25) is 9.89 Å². The van der Waals surface area contributed by atoms with Gasteiger partial charge in [0.2, 0.25) is 0 Å². The number of aromatic nitrogens is 4. The molecule has 1 aliphatic rings. The van der Waals surface area contributed by atoms with E-state index in [1.165, 1.54) is 0 Å². The van der Waals surface area contributed by atoms with Crippen LogP contribution in [-0.2, 0) is 11.2 Å². The van der Waals surface area contributed by atoms with Gasteiger partial charge in [0.25, 0.3) is 5.91 Å². The van der Waals surface area contributed by atoms with Crippen LogP contribution in [0.1, 0.15) is 48.9 Å². The number of H-pyrrole nitrogens is 1. The number of carbonyl (C=O) groups is 1. The molecule has 1 fully saturated rings. The summed E-state index contributed by atoms with van der Waals surface area (Å²) in [5.41, 5.74) is 0.570. The minimum atomic E-state index is -0.313. The average Bonchev–Trinajstić information content (AvgIpc) is 3.10. The van der Waals surface area contributed by atoms with Gasteiger partial charge in [0, 0.05) is 25.2 Å². The molecular weight excluding hydrogens is 320 g/mol. The fourth-order valence-corrected chi connectivity index (χ4v) is 2.74. The summed E-state index contributed by atoms with van der Waals surface area (Å²) in [6, 6.07) is 3.77. The van der Waals surface area contributed by atoms with Gasteiger partial charge < -0.3 is 15.0 Å². The van der Waals surface area contributed by atoms with Crippen LogP contribution in [0.3, 0.4) is 0 Å². The van der Waals surface area contributed by atoms with Gasteiger partial charge in [-0.2, -0.15) is 5.10 Å². The molecule has 1 atom stereocenters. The highest BCUT2D eigenvalue weighted by Gasteiger charge is 2.29. The van der Waals surface area contributed by atoms with Gasteiger partial charge >= 0.3 is 0 Å². The predicted octanol–water partition coefficient (Wildman–Crippen LogP) is 1.80. The van der Waals surface area contributed by atoms with Crippen LogP contribution in [0.15, 0.2) is 18.3 Å². The molecule has 1 aliphatic heterocycles. The molecule has 2 aromatic rings. The third-order valence-electron chi connectivity index (χ3n) is 3.99. The van der Waals surface area contributed by atoms with Crippen molar-refractivity contribution >= 4 is 11.7 Å². The zero-order valence-corrected chi connectivity index (χ0v) is 14.8. The predicted molar refractivity (Wildman–Crippen MR) is 93.4 cm³/mol. The van der Waals surface area contributed by atoms with Crippen molar-refractivity contribution in [3.05, 3.63) is 35.5 Å². The first-order valence-electron chi connectivity index (χ1n) is 8.62. The van der Waals surface area contributed by atoms with E-state index < -0.39 is 0 Å². The number of hydrogen-bond acceptors (Lipinski definition) is 6. The number of nitrogens with zero attached hydrogens (tertiary/aromatic N) is 4. The van der Waals surface area contributed by atoms with E-state index in [1.54, 1.807) is 23.2 Å². The number of morpholine rings is 1. The van der Waals surface area contributed by atoms with Crippen LogP contribution in [0.2, 0.25) is 0 Å². The Labute approximate surface area is 147 Å². The number of hydrogen-bond donors (Lipinski definition) is 2. The van der Waals surface area contributed by atoms with Crippen molar-refractivity contribution < 1.29 is 9.53 Å². The molecule has 8 heteroatoms. The summed E-state index contributed by atoms with van der Waals surface area (Å²) < 4.78 is 5.76. The van der Waals surface area contributed by atoms with Gasteiger partial charge in [-0.25, -0.2) is 9.97 Å². The Bertz CT molecular complexity index is 729. The second-order valence-electron chi connectivity index (χ2n) is 6.30. The molecule has 3 heterocycles. The lowest BCUT2D eigenvalue weighted by molar-refractivity contribution is -0.0266. The number of rotatable bonds is 5. The van der Waals surface area contributed by atoms with Crippen molar-refractivity contribution in [2.24, 2.45) is 0 Å². The van der Waals surface area contributed by atoms with Crippen LogP contribution in [0.4, 0.5) is 5.82 Å². The maximum absolute atomic E-state index is 13.0. The van der Waals surface area contributed by atoms with Gasteiger partial charge in [-0.1, -0.05) is 6.92 Å². The van der Waals surface area contributed by atoms with Crippen LogP contribution >= 0.6 is 0 Å². The maximum atomic E-state index is 13.0. The Morgan fingerprint density at radius 3 is 3.08 bits per heavy atom. The number of aromatic amines is 1. The van der Waals surface area contributed by atoms with Gasteiger partial charge in [0.05, 0.1) is 18.7 Å². The molecule has 0 unspecified atom stereocenters. The second-order valence-corrected chi connectivity index (χ2v) is 6.30. The Hall–Kier alpha value is -2.48. The van der Waals surface area contributed by atoms with Crippen LogP contribution in [0.25, 0.3) is 0 Å². The molecule has 1 amide bonds. The molecule has 0 spiro atoms. The minimum absolute atomic E-state index is 0.0594. The van der Waals surface area contributed by atoms with Gasteiger partial charge in [0.1, 0.15) is 17.7 Å². The van der Waals surface area contributed by atoms with Crippen molar-refractivity contribution in [1.29, 1.82) is 0 Å². The van der Waals surface area contributed by atoms with Gasteiger partial charge in [-0.15, -0.1) is 0 Å². The van der Waals surface area contributed by atoms with E-state index in [9.17, 15) is 4.79 Å². The number of carbonyl (C=O) groups excluding carboxylic acids is 1. The third kappa shape index (κ3) is 3.96. The normalized spacial score (nSPS) is 17.8. The molecule has 0 radical (unpaired) electrons. The number of amides is 1. The fraction of sp³-hybridized carbons (Fsp3) is 0.529. The molecule has 134 valence electrons. The third-order valence-corrected chi connectivity index (χ3v) is 3.99. The molecule has 0 saturated carbocycles. The van der Waals surface area contributed by atoms with Gasteiger partial charge in [0.15, 0.2) is 5.82 Å². The highest BCUT2D eigenvalue weighted by Crippen LogP contribution is 2.22. The van der Waals surface area contributed by atoms with E-state index in [2.05, 4.69) is 25.5 Å². The fourth-order valence-electron chi connectivity index (χ4n) is 2.74. The molecule has 3 rings (SSSR count). The zero-order chi connectivity index (χ0) is 17.8. The summed E-state index contributed by atoms with van der Waals surface area (Å²) in [6.07, 6.45) is 2.15. The average molecular weight is 344 g/mol. The van der Waals surface area contributed by atoms with E-state index in [4.69, 9.17) is 4.74 Å². The van der Waals surface area contributed by atoms with Crippen LogP contribution in [0.5, 0.6) is 0 Å². The van der Waals surface area contributed by atoms with E-state index in [0.29, 0.717) is 36.9 Å². The monoisotopic (exact) mass is 344 g/mol. The van der Waals surface area contributed by atoms with Gasteiger partial charge in [-0.05, 0) is 26.0 Å². The van der Waals surface area contributed by atoms with Crippen LogP contribution in [-0.4, -0.2) is 56.7 Å². The Morgan fingerprint density at radius 2 is 2.36 bits per heavy atom. The first-order chi connectivity index (χ1) is 12.1. The standard InChI is InChI=1S/C17H24N6O2/c1-4-14-20-16(22-21-14)13-10-23(8-9-25-13)17(24)12-6-5-7-18-15(12)19-11(2)3/h5-7,11,13H,4,8-10H2,1-3H3,(H,18,19)(H,20,21,22)/t13-/m0/s1.